The maximum absolute atomic E-state index is 11.0. The molecule has 0 aromatic heterocycles. The van der Waals surface area contributed by atoms with Gasteiger partial charge >= 0.3 is 0 Å². The largest absolute Gasteiger partial charge is 0.341 e. The molecule has 1 heterocycles. The van der Waals surface area contributed by atoms with Gasteiger partial charge in [-0.1, -0.05) is 0 Å². The van der Waals surface area contributed by atoms with Gasteiger partial charge in [-0.25, -0.2) is 0 Å². The summed E-state index contributed by atoms with van der Waals surface area (Å²) in [5.41, 5.74) is 5.54. The highest BCUT2D eigenvalue weighted by Gasteiger charge is 2.20. The zero-order valence-corrected chi connectivity index (χ0v) is 6.34. The molecule has 0 unspecified atom stereocenters. The second-order valence-electron chi connectivity index (χ2n) is 2.92. The van der Waals surface area contributed by atoms with Crippen LogP contribution >= 0.6 is 0 Å². The third kappa shape index (κ3) is 1.70. The average molecular weight is 142 g/mol. The molecule has 1 aliphatic rings. The van der Waals surface area contributed by atoms with Crippen molar-refractivity contribution in [3.05, 3.63) is 0 Å². The van der Waals surface area contributed by atoms with Gasteiger partial charge in [0.1, 0.15) is 0 Å². The molecule has 1 atom stereocenters. The summed E-state index contributed by atoms with van der Waals surface area (Å²) in [7, 11) is 0. The Labute approximate surface area is 61.2 Å². The molecule has 0 bridgehead atoms. The Morgan fingerprint density at radius 2 is 2.50 bits per heavy atom. The predicted octanol–water partition coefficient (Wildman–Crippen LogP) is -0.0440. The molecule has 3 nitrogen and oxygen atoms in total. The van der Waals surface area contributed by atoms with Crippen LogP contribution in [0.25, 0.3) is 0 Å². The Kier molecular flexibility index (Phi) is 2.27. The summed E-state index contributed by atoms with van der Waals surface area (Å²) in [6.07, 6.45) is 1.72. The van der Waals surface area contributed by atoms with Gasteiger partial charge in [-0.2, -0.15) is 0 Å². The van der Waals surface area contributed by atoms with Crippen LogP contribution in [0.1, 0.15) is 19.8 Å². The zero-order chi connectivity index (χ0) is 7.56. The van der Waals surface area contributed by atoms with Gasteiger partial charge in [-0.15, -0.1) is 0 Å². The zero-order valence-electron chi connectivity index (χ0n) is 6.34. The molecule has 0 radical (unpaired) electrons. The van der Waals surface area contributed by atoms with Crippen LogP contribution < -0.4 is 5.73 Å². The van der Waals surface area contributed by atoms with Crippen molar-refractivity contribution in [1.82, 2.24) is 4.90 Å². The summed E-state index contributed by atoms with van der Waals surface area (Å²) >= 11 is 0. The molecular weight excluding hydrogens is 128 g/mol. The summed E-state index contributed by atoms with van der Waals surface area (Å²) in [5.74, 6) is 0.261. The van der Waals surface area contributed by atoms with E-state index in [4.69, 9.17) is 5.73 Å². The van der Waals surface area contributed by atoms with Gasteiger partial charge in [0.15, 0.2) is 0 Å². The van der Waals surface area contributed by atoms with Gasteiger partial charge in [0.05, 0.1) is 0 Å². The number of nitrogens with zero attached hydrogens (tertiary/aromatic N) is 1. The number of likely N-dealkylation sites (tertiary alicyclic amines) is 1. The Hall–Kier alpha value is -0.570. The lowest BCUT2D eigenvalue weighted by Gasteiger charge is -2.17. The van der Waals surface area contributed by atoms with E-state index in [9.17, 15) is 4.79 Å². The number of hydrogen-bond acceptors (Lipinski definition) is 2. The van der Waals surface area contributed by atoms with Gasteiger partial charge in [-0.05, 0) is 13.3 Å². The minimum Gasteiger partial charge on any atom is -0.341 e. The first-order valence-corrected chi connectivity index (χ1v) is 3.73. The molecule has 1 aliphatic heterocycles. The molecule has 58 valence electrons. The van der Waals surface area contributed by atoms with Gasteiger partial charge in [0.25, 0.3) is 0 Å². The highest BCUT2D eigenvalue weighted by molar-refractivity contribution is 5.78. The molecule has 1 amide bonds. The van der Waals surface area contributed by atoms with Gasteiger partial charge in [0, 0.05) is 25.6 Å². The van der Waals surface area contributed by atoms with Crippen LogP contribution in [0.2, 0.25) is 0 Å². The summed E-state index contributed by atoms with van der Waals surface area (Å²) in [6.45, 7) is 3.55. The molecule has 1 fully saturated rings. The van der Waals surface area contributed by atoms with Crippen molar-refractivity contribution < 1.29 is 4.79 Å². The van der Waals surface area contributed by atoms with Crippen molar-refractivity contribution in [3.8, 4) is 0 Å². The second kappa shape index (κ2) is 3.01. The van der Waals surface area contributed by atoms with E-state index in [0.29, 0.717) is 6.42 Å². The first-order valence-electron chi connectivity index (χ1n) is 3.73. The van der Waals surface area contributed by atoms with Crippen LogP contribution in [0.5, 0.6) is 0 Å². The highest BCUT2D eigenvalue weighted by atomic mass is 16.2. The minimum absolute atomic E-state index is 0.113. The van der Waals surface area contributed by atoms with Gasteiger partial charge in [0.2, 0.25) is 5.91 Å². The van der Waals surface area contributed by atoms with Crippen molar-refractivity contribution in [1.29, 1.82) is 0 Å². The van der Waals surface area contributed by atoms with E-state index in [1.165, 1.54) is 0 Å². The van der Waals surface area contributed by atoms with Crippen LogP contribution in [-0.4, -0.2) is 29.9 Å². The maximum Gasteiger partial charge on any atom is 0.222 e. The summed E-state index contributed by atoms with van der Waals surface area (Å²) in [4.78, 5) is 12.8. The summed E-state index contributed by atoms with van der Waals surface area (Å²) < 4.78 is 0. The van der Waals surface area contributed by atoms with Crippen LogP contribution in [-0.2, 0) is 4.79 Å². The van der Waals surface area contributed by atoms with Gasteiger partial charge < -0.3 is 10.6 Å². The fourth-order valence-corrected chi connectivity index (χ4v) is 1.24. The van der Waals surface area contributed by atoms with Crippen LogP contribution in [0.4, 0.5) is 0 Å². The molecule has 1 rings (SSSR count). The first-order chi connectivity index (χ1) is 4.70. The topological polar surface area (TPSA) is 46.3 Å². The van der Waals surface area contributed by atoms with Crippen LogP contribution in [0.3, 0.4) is 0 Å². The molecule has 2 N–H and O–H groups in total. The van der Waals surface area contributed by atoms with E-state index < -0.39 is 0 Å². The predicted molar refractivity (Wildman–Crippen MR) is 39.5 cm³/mol. The lowest BCUT2D eigenvalue weighted by atomic mass is 10.3. The van der Waals surface area contributed by atoms with Crippen LogP contribution in [0.15, 0.2) is 0 Å². The quantitative estimate of drug-likeness (QED) is 0.588. The molecule has 3 heteroatoms. The molecule has 0 saturated carbocycles. The van der Waals surface area contributed by atoms with Crippen molar-refractivity contribution in [2.75, 3.05) is 13.1 Å². The van der Waals surface area contributed by atoms with E-state index >= 15 is 0 Å². The molecular formula is C7H14N2O. The fourth-order valence-electron chi connectivity index (χ4n) is 1.24. The SMILES string of the molecule is C[C@@H](N)CN1CCCC1=O. The van der Waals surface area contributed by atoms with E-state index in [0.717, 1.165) is 19.5 Å². The molecule has 0 spiro atoms. The van der Waals surface area contributed by atoms with E-state index in [-0.39, 0.29) is 11.9 Å². The summed E-state index contributed by atoms with van der Waals surface area (Å²) in [6, 6.07) is 0.113. The summed E-state index contributed by atoms with van der Waals surface area (Å²) in [5, 5.41) is 0. The Morgan fingerprint density at radius 1 is 1.80 bits per heavy atom. The first kappa shape index (κ1) is 7.54. The van der Waals surface area contributed by atoms with E-state index in [2.05, 4.69) is 0 Å². The number of rotatable bonds is 2. The van der Waals surface area contributed by atoms with Crippen molar-refractivity contribution >= 4 is 5.91 Å². The number of amides is 1. The van der Waals surface area contributed by atoms with Crippen LogP contribution in [0, 0.1) is 0 Å². The van der Waals surface area contributed by atoms with E-state index in [1.54, 1.807) is 0 Å². The third-order valence-electron chi connectivity index (χ3n) is 1.68. The number of carbonyl (C=O) groups excluding carboxylic acids is 1. The fraction of sp³-hybridized carbons (Fsp3) is 0.857. The van der Waals surface area contributed by atoms with Gasteiger partial charge in [-0.3, -0.25) is 4.79 Å². The van der Waals surface area contributed by atoms with Crippen molar-refractivity contribution in [3.63, 3.8) is 0 Å². The molecule has 0 aliphatic carbocycles. The monoisotopic (exact) mass is 142 g/mol. The molecule has 0 aromatic carbocycles. The second-order valence-corrected chi connectivity index (χ2v) is 2.92. The van der Waals surface area contributed by atoms with E-state index in [1.807, 2.05) is 11.8 Å². The lowest BCUT2D eigenvalue weighted by Crippen LogP contribution is -2.36. The average Bonchev–Trinajstić information content (AvgIpc) is 2.15. The lowest BCUT2D eigenvalue weighted by molar-refractivity contribution is -0.127. The number of hydrogen-bond donors (Lipinski definition) is 1. The Morgan fingerprint density at radius 3 is 2.90 bits per heavy atom. The van der Waals surface area contributed by atoms with Crippen molar-refractivity contribution in [2.24, 2.45) is 5.73 Å². The highest BCUT2D eigenvalue weighted by Crippen LogP contribution is 2.08. The molecule has 0 aromatic rings. The molecule has 1 saturated heterocycles. The number of nitrogens with two attached hydrogens (primary N) is 1. The smallest absolute Gasteiger partial charge is 0.222 e. The third-order valence-corrected chi connectivity index (χ3v) is 1.68. The van der Waals surface area contributed by atoms with Crippen molar-refractivity contribution in [2.45, 2.75) is 25.8 Å². The standard InChI is InChI=1S/C7H14N2O/c1-6(8)5-9-4-2-3-7(9)10/h6H,2-5,8H2,1H3/t6-/m1/s1. The minimum atomic E-state index is 0.113. The normalized spacial score (nSPS) is 21.8. The Balaban J connectivity index is 2.33. The number of carbonyl (C=O) groups is 1. The molecule has 10 heavy (non-hydrogen) atoms. The maximum atomic E-state index is 11.0. The Bertz CT molecular complexity index is 134.